The third kappa shape index (κ3) is 7.02. The highest BCUT2D eigenvalue weighted by Crippen LogP contribution is 2.29. The molecule has 0 radical (unpaired) electrons. The van der Waals surface area contributed by atoms with Crippen LogP contribution < -0.4 is 20.1 Å². The molecule has 0 fully saturated rings. The molecule has 0 aliphatic rings. The minimum atomic E-state index is 0.488. The number of nitrogens with zero attached hydrogens (tertiary/aromatic N) is 2. The van der Waals surface area contributed by atoms with E-state index in [9.17, 15) is 0 Å². The molecule has 32 heavy (non-hydrogen) atoms. The van der Waals surface area contributed by atoms with Crippen LogP contribution in [0.4, 0.5) is 10.8 Å². The lowest BCUT2D eigenvalue weighted by molar-refractivity contribution is 0.287. The number of nitrogens with one attached hydrogen (secondary N) is 2. The van der Waals surface area contributed by atoms with E-state index >= 15 is 0 Å². The van der Waals surface area contributed by atoms with Crippen molar-refractivity contribution in [2.45, 2.75) is 27.2 Å². The molecule has 0 amide bonds. The zero-order chi connectivity index (χ0) is 22.9. The Morgan fingerprint density at radius 1 is 1.03 bits per heavy atom. The Morgan fingerprint density at radius 2 is 1.81 bits per heavy atom. The molecule has 0 saturated heterocycles. The fourth-order valence-corrected chi connectivity index (χ4v) is 3.81. The second kappa shape index (κ2) is 11.9. The first-order chi connectivity index (χ1) is 15.5. The van der Waals surface area contributed by atoms with Crippen molar-refractivity contribution in [1.82, 2.24) is 14.7 Å². The van der Waals surface area contributed by atoms with Crippen LogP contribution in [0.15, 0.2) is 42.1 Å². The van der Waals surface area contributed by atoms with Gasteiger partial charge in [-0.05, 0) is 63.1 Å². The summed E-state index contributed by atoms with van der Waals surface area (Å²) >= 11 is 13.3. The predicted molar refractivity (Wildman–Crippen MR) is 134 cm³/mol. The largest absolute Gasteiger partial charge is 0.490 e. The topological polar surface area (TPSA) is 68.3 Å². The first kappa shape index (κ1) is 24.2. The molecule has 0 unspecified atom stereocenters. The smallest absolute Gasteiger partial charge is 0.207 e. The number of benzene rings is 2. The molecule has 6 nitrogen and oxygen atoms in total. The fourth-order valence-electron chi connectivity index (χ4n) is 2.94. The number of anilines is 2. The Hall–Kier alpha value is -2.48. The highest BCUT2D eigenvalue weighted by Gasteiger charge is 2.07. The molecule has 3 rings (SSSR count). The van der Waals surface area contributed by atoms with Gasteiger partial charge in [-0.1, -0.05) is 29.3 Å². The van der Waals surface area contributed by atoms with Crippen LogP contribution in [0, 0.1) is 0 Å². The van der Waals surface area contributed by atoms with Crippen LogP contribution in [-0.2, 0) is 6.42 Å². The van der Waals surface area contributed by atoms with Gasteiger partial charge in [0, 0.05) is 35.5 Å². The minimum absolute atomic E-state index is 0.488. The molecular weight excluding hydrogens is 467 g/mol. The van der Waals surface area contributed by atoms with Gasteiger partial charge in [-0.2, -0.15) is 9.36 Å². The number of rotatable bonds is 11. The van der Waals surface area contributed by atoms with Crippen LogP contribution >= 0.6 is 34.7 Å². The van der Waals surface area contributed by atoms with Crippen molar-refractivity contribution < 1.29 is 9.47 Å². The highest BCUT2D eigenvalue weighted by molar-refractivity contribution is 7.09. The van der Waals surface area contributed by atoms with E-state index in [2.05, 4.69) is 26.1 Å². The first-order valence-electron chi connectivity index (χ1n) is 10.3. The molecule has 0 spiro atoms. The standard InChI is InChI=1S/C23H26Cl2N4O2S/c1-4-30-20-9-6-16(13-21(20)31-5-2)10-11-26-15(3)12-22-28-23(32-29-22)27-17-7-8-18(24)19(25)14-17/h6-9,12-14,26H,4-5,10-11H2,1-3H3,(H,27,28,29)/b15-12+. The maximum Gasteiger partial charge on any atom is 0.207 e. The number of hydrogen-bond donors (Lipinski definition) is 2. The van der Waals surface area contributed by atoms with Crippen LogP contribution in [-0.4, -0.2) is 29.1 Å². The van der Waals surface area contributed by atoms with Gasteiger partial charge in [0.25, 0.3) is 0 Å². The summed E-state index contributed by atoms with van der Waals surface area (Å²) in [6.07, 6.45) is 2.77. The molecule has 2 N–H and O–H groups in total. The summed E-state index contributed by atoms with van der Waals surface area (Å²) in [5.41, 5.74) is 2.97. The van der Waals surface area contributed by atoms with Gasteiger partial charge in [0.1, 0.15) is 0 Å². The first-order valence-corrected chi connectivity index (χ1v) is 11.9. The van der Waals surface area contributed by atoms with Crippen molar-refractivity contribution in [3.8, 4) is 11.5 Å². The summed E-state index contributed by atoms with van der Waals surface area (Å²) in [6.45, 7) is 7.92. The second-order valence-corrected chi connectivity index (χ2v) is 8.43. The fraction of sp³-hybridized carbons (Fsp3) is 0.304. The Morgan fingerprint density at radius 3 is 2.56 bits per heavy atom. The van der Waals surface area contributed by atoms with Crippen molar-refractivity contribution >= 4 is 51.6 Å². The molecule has 1 aromatic heterocycles. The Kier molecular flexibility index (Phi) is 9.02. The zero-order valence-corrected chi connectivity index (χ0v) is 20.6. The lowest BCUT2D eigenvalue weighted by Crippen LogP contribution is -2.15. The number of halogens is 2. The molecule has 0 aliphatic carbocycles. The van der Waals surface area contributed by atoms with Gasteiger partial charge in [-0.15, -0.1) is 0 Å². The zero-order valence-electron chi connectivity index (χ0n) is 18.2. The Labute approximate surface area is 202 Å². The van der Waals surface area contributed by atoms with E-state index < -0.39 is 0 Å². The van der Waals surface area contributed by atoms with E-state index in [1.165, 1.54) is 17.1 Å². The molecule has 170 valence electrons. The number of aromatic nitrogens is 2. The summed E-state index contributed by atoms with van der Waals surface area (Å²) in [5.74, 6) is 2.21. The van der Waals surface area contributed by atoms with Crippen molar-refractivity contribution in [1.29, 1.82) is 0 Å². The average Bonchev–Trinajstić information content (AvgIpc) is 3.19. The van der Waals surface area contributed by atoms with Crippen molar-refractivity contribution in [3.05, 3.63) is 63.5 Å². The van der Waals surface area contributed by atoms with Crippen molar-refractivity contribution in [3.63, 3.8) is 0 Å². The van der Waals surface area contributed by atoms with Crippen LogP contribution in [0.1, 0.15) is 32.2 Å². The van der Waals surface area contributed by atoms with Gasteiger partial charge in [0.2, 0.25) is 5.13 Å². The number of allylic oxidation sites excluding steroid dienone is 1. The van der Waals surface area contributed by atoms with Gasteiger partial charge in [0.05, 0.1) is 23.3 Å². The lowest BCUT2D eigenvalue weighted by atomic mass is 10.1. The molecule has 0 bridgehead atoms. The van der Waals surface area contributed by atoms with E-state index in [4.69, 9.17) is 32.7 Å². The van der Waals surface area contributed by atoms with Gasteiger partial charge in [-0.25, -0.2) is 0 Å². The average molecular weight is 493 g/mol. The summed E-state index contributed by atoms with van der Waals surface area (Å²) < 4.78 is 15.7. The molecule has 0 saturated carbocycles. The van der Waals surface area contributed by atoms with E-state index in [0.717, 1.165) is 35.8 Å². The normalized spacial score (nSPS) is 11.3. The Bertz CT molecular complexity index is 1070. The molecule has 0 aliphatic heterocycles. The van der Waals surface area contributed by atoms with Crippen molar-refractivity contribution in [2.24, 2.45) is 0 Å². The van der Waals surface area contributed by atoms with Crippen LogP contribution in [0.25, 0.3) is 6.08 Å². The molecule has 2 aromatic carbocycles. The lowest BCUT2D eigenvalue weighted by Gasteiger charge is -2.13. The minimum Gasteiger partial charge on any atom is -0.490 e. The molecule has 1 heterocycles. The molecule has 0 atom stereocenters. The monoisotopic (exact) mass is 492 g/mol. The van der Waals surface area contributed by atoms with Gasteiger partial charge >= 0.3 is 0 Å². The van der Waals surface area contributed by atoms with Crippen molar-refractivity contribution in [2.75, 3.05) is 25.1 Å². The SMILES string of the molecule is CCOc1ccc(CCN/C(C)=C/c2nsc(Nc3ccc(Cl)c(Cl)c3)n2)cc1OCC. The van der Waals surface area contributed by atoms with E-state index in [0.29, 0.717) is 34.2 Å². The van der Waals surface area contributed by atoms with Gasteiger partial charge in [0.15, 0.2) is 17.3 Å². The maximum atomic E-state index is 6.06. The predicted octanol–water partition coefficient (Wildman–Crippen LogP) is 6.58. The summed E-state index contributed by atoms with van der Waals surface area (Å²) in [5, 5.41) is 8.28. The second-order valence-electron chi connectivity index (χ2n) is 6.86. The van der Waals surface area contributed by atoms with E-state index in [-0.39, 0.29) is 0 Å². The van der Waals surface area contributed by atoms with Crippen LogP contribution in [0.2, 0.25) is 10.0 Å². The number of ether oxygens (including phenoxy) is 2. The summed E-state index contributed by atoms with van der Waals surface area (Å²) in [4.78, 5) is 4.50. The third-order valence-corrected chi connectivity index (χ3v) is 5.77. The summed E-state index contributed by atoms with van der Waals surface area (Å²) in [7, 11) is 0. The highest BCUT2D eigenvalue weighted by atomic mass is 35.5. The van der Waals surface area contributed by atoms with Crippen LogP contribution in [0.3, 0.4) is 0 Å². The molecule has 3 aromatic rings. The quantitative estimate of drug-likeness (QED) is 0.315. The molecule has 9 heteroatoms. The Balaban J connectivity index is 1.54. The number of hydrogen-bond acceptors (Lipinski definition) is 7. The van der Waals surface area contributed by atoms with Gasteiger partial charge in [-0.3, -0.25) is 0 Å². The maximum absolute atomic E-state index is 6.06. The van der Waals surface area contributed by atoms with E-state index in [1.54, 1.807) is 12.1 Å². The molecular formula is C23H26Cl2N4O2S. The third-order valence-electron chi connectivity index (χ3n) is 4.38. The van der Waals surface area contributed by atoms with Gasteiger partial charge < -0.3 is 20.1 Å². The van der Waals surface area contributed by atoms with Crippen LogP contribution in [0.5, 0.6) is 11.5 Å². The van der Waals surface area contributed by atoms with E-state index in [1.807, 2.05) is 45.0 Å². The summed E-state index contributed by atoms with van der Waals surface area (Å²) in [6, 6.07) is 11.4.